The summed E-state index contributed by atoms with van der Waals surface area (Å²) in [6, 6.07) is 10.3. The van der Waals surface area contributed by atoms with Gasteiger partial charge < -0.3 is 0 Å². The highest BCUT2D eigenvalue weighted by Crippen LogP contribution is 2.66. The van der Waals surface area contributed by atoms with Gasteiger partial charge in [-0.15, -0.1) is 0 Å². The van der Waals surface area contributed by atoms with E-state index in [9.17, 15) is 0 Å². The highest BCUT2D eigenvalue weighted by Gasteiger charge is 2.62. The summed E-state index contributed by atoms with van der Waals surface area (Å²) in [6.45, 7) is 0. The van der Waals surface area contributed by atoms with Gasteiger partial charge in [0.15, 0.2) is 0 Å². The first-order chi connectivity index (χ1) is 8.23. The minimum atomic E-state index is -0.454. The molecule has 0 aromatic heterocycles. The van der Waals surface area contributed by atoms with Gasteiger partial charge in [-0.05, 0) is 5.56 Å². The SMILES string of the molecule is BrC1C=CC(Br)(c2ccccc2)C(Br)(Br)C1(Br)Br. The van der Waals surface area contributed by atoms with E-state index in [0.717, 1.165) is 5.56 Å². The van der Waals surface area contributed by atoms with Crippen molar-refractivity contribution in [1.29, 1.82) is 0 Å². The molecule has 2 rings (SSSR count). The van der Waals surface area contributed by atoms with E-state index in [-0.39, 0.29) is 12.4 Å². The average molecular weight is 632 g/mol. The van der Waals surface area contributed by atoms with Gasteiger partial charge in [0.1, 0.15) is 6.47 Å². The topological polar surface area (TPSA) is 0 Å². The molecule has 0 radical (unpaired) electrons. The lowest BCUT2D eigenvalue weighted by Gasteiger charge is -2.49. The molecule has 6 heteroatoms. The molecule has 0 N–H and O–H groups in total. The molecule has 1 aromatic carbocycles. The third-order valence-electron chi connectivity index (χ3n) is 2.91. The van der Waals surface area contributed by atoms with Crippen LogP contribution >= 0.6 is 95.6 Å². The van der Waals surface area contributed by atoms with Crippen molar-refractivity contribution in [3.63, 3.8) is 0 Å². The molecule has 0 nitrogen and oxygen atoms in total. The zero-order valence-corrected chi connectivity index (χ0v) is 18.4. The maximum atomic E-state index is 3.87. The van der Waals surface area contributed by atoms with Crippen LogP contribution in [-0.2, 0) is 4.32 Å². The first-order valence-electron chi connectivity index (χ1n) is 5.07. The predicted octanol–water partition coefficient (Wildman–Crippen LogP) is 6.58. The van der Waals surface area contributed by atoms with Crippen LogP contribution in [0.2, 0.25) is 0 Å². The van der Waals surface area contributed by atoms with Crippen molar-refractivity contribution < 1.29 is 0 Å². The normalized spacial score (nSPS) is 33.3. The van der Waals surface area contributed by atoms with Crippen molar-refractivity contribution in [2.24, 2.45) is 0 Å². The second-order valence-electron chi connectivity index (χ2n) is 4.04. The van der Waals surface area contributed by atoms with Gasteiger partial charge in [0.05, 0.1) is 9.15 Å². The molecular weight excluding hydrogens is 624 g/mol. The number of rotatable bonds is 1. The Balaban J connectivity index is 2.61. The third-order valence-corrected chi connectivity index (χ3v) is 14.3. The van der Waals surface area contributed by atoms with Crippen LogP contribution in [0.15, 0.2) is 42.5 Å². The number of hydrogen-bond acceptors (Lipinski definition) is 0. The van der Waals surface area contributed by atoms with Crippen molar-refractivity contribution in [2.45, 2.75) is 15.6 Å². The summed E-state index contributed by atoms with van der Waals surface area (Å²) >= 11 is 22.6. The van der Waals surface area contributed by atoms with Gasteiger partial charge in [0.2, 0.25) is 0 Å². The lowest BCUT2D eigenvalue weighted by Crippen LogP contribution is -2.54. The maximum Gasteiger partial charge on any atom is 0.130 e. The lowest BCUT2D eigenvalue weighted by atomic mass is 9.88. The summed E-state index contributed by atoms with van der Waals surface area (Å²) in [5.41, 5.74) is 1.16. The van der Waals surface area contributed by atoms with Crippen LogP contribution < -0.4 is 0 Å². The quantitative estimate of drug-likeness (QED) is 0.243. The smallest absolute Gasteiger partial charge is 0.0820 e. The Bertz CT molecular complexity index is 467. The van der Waals surface area contributed by atoms with Crippen molar-refractivity contribution in [1.82, 2.24) is 0 Å². The average Bonchev–Trinajstić information content (AvgIpc) is 2.34. The van der Waals surface area contributed by atoms with Crippen LogP contribution in [0.3, 0.4) is 0 Å². The van der Waals surface area contributed by atoms with Crippen molar-refractivity contribution >= 4 is 95.6 Å². The van der Waals surface area contributed by atoms with Crippen molar-refractivity contribution in [3.05, 3.63) is 48.0 Å². The number of allylic oxidation sites excluding steroid dienone is 2. The number of hydrogen-bond donors (Lipinski definition) is 0. The van der Waals surface area contributed by atoms with Gasteiger partial charge in [0, 0.05) is 0 Å². The monoisotopic (exact) mass is 626 g/mol. The lowest BCUT2D eigenvalue weighted by molar-refractivity contribution is 0.626. The summed E-state index contributed by atoms with van der Waals surface area (Å²) in [4.78, 5) is 0.137. The molecule has 1 aliphatic rings. The number of alkyl halides is 6. The Hall–Kier alpha value is 1.84. The summed E-state index contributed by atoms with van der Waals surface area (Å²) in [7, 11) is 0. The van der Waals surface area contributed by atoms with Crippen LogP contribution in [0, 0.1) is 0 Å². The van der Waals surface area contributed by atoms with E-state index in [0.29, 0.717) is 0 Å². The Kier molecular flexibility index (Phi) is 5.01. The van der Waals surface area contributed by atoms with E-state index in [1.165, 1.54) is 0 Å². The van der Waals surface area contributed by atoms with Crippen LogP contribution in [-0.4, -0.2) is 11.3 Å². The molecule has 2 unspecified atom stereocenters. The molecule has 1 aromatic rings. The van der Waals surface area contributed by atoms with Gasteiger partial charge in [-0.2, -0.15) is 0 Å². The molecule has 0 aliphatic heterocycles. The summed E-state index contributed by atoms with van der Waals surface area (Å²) in [5.74, 6) is 0. The zero-order valence-electron chi connectivity index (χ0n) is 8.89. The van der Waals surface area contributed by atoms with E-state index in [1.54, 1.807) is 0 Å². The Morgan fingerprint density at radius 1 is 0.889 bits per heavy atom. The van der Waals surface area contributed by atoms with E-state index >= 15 is 0 Å². The van der Waals surface area contributed by atoms with Gasteiger partial charge in [-0.1, -0.05) is 138 Å². The van der Waals surface area contributed by atoms with E-state index in [4.69, 9.17) is 0 Å². The second-order valence-corrected chi connectivity index (χ2v) is 13.3. The van der Waals surface area contributed by atoms with Gasteiger partial charge in [0.25, 0.3) is 0 Å². The third kappa shape index (κ3) is 2.41. The van der Waals surface area contributed by atoms with Crippen LogP contribution in [0.1, 0.15) is 5.56 Å². The zero-order chi connectivity index (χ0) is 13.6. The highest BCUT2D eigenvalue weighted by molar-refractivity contribution is 9.31. The molecule has 0 amide bonds. The minimum Gasteiger partial charge on any atom is -0.0820 e. The van der Waals surface area contributed by atoms with Crippen LogP contribution in [0.25, 0.3) is 0 Å². The fourth-order valence-corrected chi connectivity index (χ4v) is 6.33. The molecule has 18 heavy (non-hydrogen) atoms. The fraction of sp³-hybridized carbons (Fsp3) is 0.333. The van der Waals surface area contributed by atoms with Gasteiger partial charge in [-0.3, -0.25) is 0 Å². The number of benzene rings is 1. The van der Waals surface area contributed by atoms with Gasteiger partial charge in [-0.25, -0.2) is 0 Å². The molecule has 0 heterocycles. The molecule has 0 bridgehead atoms. The molecule has 1 aliphatic carbocycles. The summed E-state index contributed by atoms with van der Waals surface area (Å²) in [6.07, 6.45) is 4.26. The molecule has 98 valence electrons. The highest BCUT2D eigenvalue weighted by atomic mass is 79.9. The fourth-order valence-electron chi connectivity index (χ4n) is 1.82. The summed E-state index contributed by atoms with van der Waals surface area (Å²) < 4.78 is -1.22. The first kappa shape index (κ1) is 16.2. The first-order valence-corrected chi connectivity index (χ1v) is 9.95. The molecule has 0 saturated carbocycles. The number of halogens is 6. The molecule has 0 spiro atoms. The Morgan fingerprint density at radius 3 is 2.00 bits per heavy atom. The van der Waals surface area contributed by atoms with Crippen LogP contribution in [0.4, 0.5) is 0 Å². The predicted molar refractivity (Wildman–Crippen MR) is 100 cm³/mol. The minimum absolute atomic E-state index is 0.137. The van der Waals surface area contributed by atoms with Crippen molar-refractivity contribution in [3.8, 4) is 0 Å². The van der Waals surface area contributed by atoms with Crippen LogP contribution in [0.5, 0.6) is 0 Å². The largest absolute Gasteiger partial charge is 0.130 e. The van der Waals surface area contributed by atoms with E-state index in [2.05, 4.69) is 120 Å². The van der Waals surface area contributed by atoms with Gasteiger partial charge >= 0.3 is 0 Å². The molecule has 0 saturated heterocycles. The maximum absolute atomic E-state index is 3.87. The van der Waals surface area contributed by atoms with E-state index in [1.807, 2.05) is 18.2 Å². The Labute approximate surface area is 157 Å². The molecular formula is C12H8Br6. The molecule has 2 atom stereocenters. The Morgan fingerprint density at radius 2 is 1.44 bits per heavy atom. The second kappa shape index (κ2) is 5.56. The van der Waals surface area contributed by atoms with Crippen molar-refractivity contribution in [2.75, 3.05) is 0 Å². The molecule has 0 fully saturated rings. The standard InChI is InChI=1S/C12H8Br6/c13-9-6-7-10(14,8-4-2-1-3-5-8)12(17,18)11(9,15)16/h1-7,9H. The summed E-state index contributed by atoms with van der Waals surface area (Å²) in [5, 5.41) is 0. The van der Waals surface area contributed by atoms with E-state index < -0.39 is 3.23 Å².